The molecule has 1 aromatic heterocycles. The summed E-state index contributed by atoms with van der Waals surface area (Å²) in [6, 6.07) is 11.6. The van der Waals surface area contributed by atoms with Gasteiger partial charge in [-0.3, -0.25) is 4.57 Å². The van der Waals surface area contributed by atoms with E-state index in [1.54, 1.807) is 10.6 Å². The number of aromatic nitrogens is 3. The minimum atomic E-state index is -0.369. The van der Waals surface area contributed by atoms with Gasteiger partial charge in [0.15, 0.2) is 0 Å². The van der Waals surface area contributed by atoms with Crippen molar-refractivity contribution in [2.75, 3.05) is 0 Å². The molecule has 6 heteroatoms. The van der Waals surface area contributed by atoms with Crippen LogP contribution < -0.4 is 5.69 Å². The van der Waals surface area contributed by atoms with E-state index in [2.05, 4.69) is 5.10 Å². The third-order valence-electron chi connectivity index (χ3n) is 4.14. The second kappa shape index (κ2) is 5.15. The molecule has 2 aromatic carbocycles. The Morgan fingerprint density at radius 3 is 2.57 bits per heavy atom. The Bertz CT molecular complexity index is 928. The van der Waals surface area contributed by atoms with Gasteiger partial charge in [0.05, 0.1) is 11.7 Å². The predicted molar refractivity (Wildman–Crippen MR) is 80.6 cm³/mol. The van der Waals surface area contributed by atoms with Crippen molar-refractivity contribution in [1.29, 1.82) is 0 Å². The molecule has 4 rings (SSSR count). The largest absolute Gasteiger partial charge is 0.351 e. The zero-order valence-corrected chi connectivity index (χ0v) is 12.1. The first kappa shape index (κ1) is 13.9. The Kier molecular flexibility index (Phi) is 3.11. The maximum Gasteiger partial charge on any atom is 0.351 e. The van der Waals surface area contributed by atoms with E-state index in [1.165, 1.54) is 41.1 Å². The molecule has 0 saturated carbocycles. The summed E-state index contributed by atoms with van der Waals surface area (Å²) in [7, 11) is 0. The van der Waals surface area contributed by atoms with Gasteiger partial charge in [0.1, 0.15) is 17.5 Å². The average Bonchev–Trinajstić information content (AvgIpc) is 3.09. The van der Waals surface area contributed by atoms with Gasteiger partial charge in [-0.2, -0.15) is 4.68 Å². The Hall–Kier alpha value is -2.76. The standard InChI is InChI=1S/C17H13F2N3O/c18-12-4-6-14(7-5-12)22-17(23)21-15(8-9-16(21)20-22)11-2-1-3-13(19)10-11/h1-7,10,15H,8-9H2/t15-/m0/s1. The van der Waals surface area contributed by atoms with Crippen molar-refractivity contribution in [3.05, 3.63) is 82.0 Å². The number of benzene rings is 2. The van der Waals surface area contributed by atoms with Gasteiger partial charge in [-0.15, -0.1) is 5.10 Å². The van der Waals surface area contributed by atoms with Crippen LogP contribution in [0.25, 0.3) is 5.69 Å². The Labute approximate surface area is 130 Å². The summed E-state index contributed by atoms with van der Waals surface area (Å²) >= 11 is 0. The average molecular weight is 313 g/mol. The predicted octanol–water partition coefficient (Wildman–Crippen LogP) is 2.85. The summed E-state index contributed by atoms with van der Waals surface area (Å²) in [4.78, 5) is 12.7. The number of hydrogen-bond acceptors (Lipinski definition) is 2. The highest BCUT2D eigenvalue weighted by Gasteiger charge is 2.29. The molecular formula is C17H13F2N3O. The monoisotopic (exact) mass is 313 g/mol. The van der Waals surface area contributed by atoms with E-state index >= 15 is 0 Å². The molecule has 0 bridgehead atoms. The lowest BCUT2D eigenvalue weighted by Gasteiger charge is -2.12. The molecule has 23 heavy (non-hydrogen) atoms. The summed E-state index contributed by atoms with van der Waals surface area (Å²) in [5, 5.41) is 4.34. The van der Waals surface area contributed by atoms with Crippen LogP contribution >= 0.6 is 0 Å². The molecular weight excluding hydrogens is 300 g/mol. The van der Waals surface area contributed by atoms with Crippen LogP contribution in [0.2, 0.25) is 0 Å². The van der Waals surface area contributed by atoms with Crippen molar-refractivity contribution in [1.82, 2.24) is 14.3 Å². The third-order valence-corrected chi connectivity index (χ3v) is 4.14. The fourth-order valence-electron chi connectivity index (χ4n) is 3.08. The maximum absolute atomic E-state index is 13.5. The molecule has 1 aliphatic rings. The van der Waals surface area contributed by atoms with Crippen LogP contribution in [0.15, 0.2) is 53.3 Å². The van der Waals surface area contributed by atoms with Crippen molar-refractivity contribution in [2.45, 2.75) is 18.9 Å². The van der Waals surface area contributed by atoms with E-state index in [4.69, 9.17) is 0 Å². The van der Waals surface area contributed by atoms with Crippen LogP contribution in [0.5, 0.6) is 0 Å². The number of rotatable bonds is 2. The van der Waals surface area contributed by atoms with Crippen molar-refractivity contribution in [2.24, 2.45) is 0 Å². The van der Waals surface area contributed by atoms with E-state index in [9.17, 15) is 13.6 Å². The Morgan fingerprint density at radius 2 is 1.83 bits per heavy atom. The molecule has 0 N–H and O–H groups in total. The van der Waals surface area contributed by atoms with Crippen molar-refractivity contribution in [3.63, 3.8) is 0 Å². The van der Waals surface area contributed by atoms with Crippen LogP contribution in [-0.4, -0.2) is 14.3 Å². The molecule has 0 radical (unpaired) electrons. The summed E-state index contributed by atoms with van der Waals surface area (Å²) in [6.07, 6.45) is 1.36. The lowest BCUT2D eigenvalue weighted by molar-refractivity contribution is 0.574. The van der Waals surface area contributed by atoms with Gasteiger partial charge in [-0.25, -0.2) is 13.6 Å². The summed E-state index contributed by atoms with van der Waals surface area (Å²) < 4.78 is 29.4. The van der Waals surface area contributed by atoms with Gasteiger partial charge >= 0.3 is 5.69 Å². The second-order valence-corrected chi connectivity index (χ2v) is 5.57. The van der Waals surface area contributed by atoms with Crippen molar-refractivity contribution < 1.29 is 8.78 Å². The van der Waals surface area contributed by atoms with E-state index in [-0.39, 0.29) is 23.4 Å². The highest BCUT2D eigenvalue weighted by Crippen LogP contribution is 2.29. The Morgan fingerprint density at radius 1 is 1.04 bits per heavy atom. The molecule has 0 aliphatic carbocycles. The van der Waals surface area contributed by atoms with Gasteiger partial charge in [-0.05, 0) is 48.4 Å². The van der Waals surface area contributed by atoms with Gasteiger partial charge in [0.25, 0.3) is 0 Å². The smallest absolute Gasteiger partial charge is 0.271 e. The third kappa shape index (κ3) is 2.27. The number of nitrogens with zero attached hydrogens (tertiary/aromatic N) is 3. The zero-order chi connectivity index (χ0) is 16.0. The molecule has 0 saturated heterocycles. The summed E-state index contributed by atoms with van der Waals surface area (Å²) in [6.45, 7) is 0. The topological polar surface area (TPSA) is 39.8 Å². The van der Waals surface area contributed by atoms with Crippen LogP contribution in [-0.2, 0) is 6.42 Å². The highest BCUT2D eigenvalue weighted by molar-refractivity contribution is 5.31. The zero-order valence-electron chi connectivity index (χ0n) is 12.1. The molecule has 2 heterocycles. The molecule has 0 spiro atoms. The number of fused-ring (bicyclic) bond motifs is 1. The molecule has 3 aromatic rings. The van der Waals surface area contributed by atoms with Crippen molar-refractivity contribution in [3.8, 4) is 5.69 Å². The number of halogens is 2. The van der Waals surface area contributed by atoms with Gasteiger partial charge in [0.2, 0.25) is 0 Å². The maximum atomic E-state index is 13.5. The molecule has 0 unspecified atom stereocenters. The van der Waals surface area contributed by atoms with Crippen LogP contribution in [0.3, 0.4) is 0 Å². The molecule has 0 fully saturated rings. The van der Waals surface area contributed by atoms with Crippen LogP contribution in [0.4, 0.5) is 8.78 Å². The van der Waals surface area contributed by atoms with Gasteiger partial charge in [-0.1, -0.05) is 12.1 Å². The van der Waals surface area contributed by atoms with Crippen molar-refractivity contribution >= 4 is 0 Å². The van der Waals surface area contributed by atoms with E-state index in [1.807, 2.05) is 6.07 Å². The first-order valence-corrected chi connectivity index (χ1v) is 7.35. The molecule has 4 nitrogen and oxygen atoms in total. The molecule has 1 aliphatic heterocycles. The fraction of sp³-hybridized carbons (Fsp3) is 0.176. The van der Waals surface area contributed by atoms with Crippen LogP contribution in [0, 0.1) is 11.6 Å². The summed E-state index contributed by atoms with van der Waals surface area (Å²) in [5.74, 6) is -0.0327. The fourth-order valence-corrected chi connectivity index (χ4v) is 3.08. The lowest BCUT2D eigenvalue weighted by Crippen LogP contribution is -2.26. The normalized spacial score (nSPS) is 16.5. The first-order valence-electron chi connectivity index (χ1n) is 7.35. The second-order valence-electron chi connectivity index (χ2n) is 5.57. The minimum Gasteiger partial charge on any atom is -0.271 e. The minimum absolute atomic E-state index is 0.220. The number of aryl methyl sites for hydroxylation is 1. The van der Waals surface area contributed by atoms with Crippen LogP contribution in [0.1, 0.15) is 23.9 Å². The Balaban J connectivity index is 1.81. The van der Waals surface area contributed by atoms with E-state index in [0.29, 0.717) is 24.4 Å². The number of hydrogen-bond donors (Lipinski definition) is 0. The van der Waals surface area contributed by atoms with E-state index < -0.39 is 0 Å². The lowest BCUT2D eigenvalue weighted by atomic mass is 10.0. The molecule has 1 atom stereocenters. The molecule has 0 amide bonds. The highest BCUT2D eigenvalue weighted by atomic mass is 19.1. The van der Waals surface area contributed by atoms with E-state index in [0.717, 1.165) is 5.56 Å². The van der Waals surface area contributed by atoms with Gasteiger partial charge in [0, 0.05) is 6.42 Å². The summed E-state index contributed by atoms with van der Waals surface area (Å²) in [5.41, 5.74) is 0.971. The first-order chi connectivity index (χ1) is 11.1. The quantitative estimate of drug-likeness (QED) is 0.730. The van der Waals surface area contributed by atoms with Gasteiger partial charge < -0.3 is 0 Å². The SMILES string of the molecule is O=c1n(-c2ccc(F)cc2)nc2n1[C@H](c1cccc(F)c1)CC2. The molecule has 116 valence electrons.